The molecule has 0 amide bonds. The van der Waals surface area contributed by atoms with Crippen LogP contribution in [0.3, 0.4) is 0 Å². The van der Waals surface area contributed by atoms with Gasteiger partial charge in [-0.3, -0.25) is 4.90 Å². The quantitative estimate of drug-likeness (QED) is 0.837. The fourth-order valence-corrected chi connectivity index (χ4v) is 5.56. The average Bonchev–Trinajstić information content (AvgIpc) is 2.86. The molecule has 3 atom stereocenters. The van der Waals surface area contributed by atoms with Gasteiger partial charge in [0.25, 0.3) is 0 Å². The predicted molar refractivity (Wildman–Crippen MR) is 91.6 cm³/mol. The Morgan fingerprint density at radius 1 is 1.21 bits per heavy atom. The molecule has 24 heavy (non-hydrogen) atoms. The van der Waals surface area contributed by atoms with E-state index in [1.54, 1.807) is 14.2 Å². The van der Waals surface area contributed by atoms with E-state index in [-0.39, 0.29) is 5.41 Å². The predicted octanol–water partition coefficient (Wildman–Crippen LogP) is 2.81. The van der Waals surface area contributed by atoms with E-state index >= 15 is 0 Å². The second kappa shape index (κ2) is 4.37. The Morgan fingerprint density at radius 2 is 2.04 bits per heavy atom. The normalized spacial score (nSPS) is 35.6. The Hall–Kier alpha value is -1.94. The molecule has 5 rings (SSSR count). The van der Waals surface area contributed by atoms with Crippen molar-refractivity contribution in [3.63, 3.8) is 0 Å². The molecule has 0 N–H and O–H groups in total. The Labute approximate surface area is 142 Å². The molecule has 4 nitrogen and oxygen atoms in total. The first-order chi connectivity index (χ1) is 11.6. The number of methoxy groups -OCH3 is 2. The molecule has 126 valence electrons. The van der Waals surface area contributed by atoms with E-state index in [1.807, 2.05) is 6.07 Å². The summed E-state index contributed by atoms with van der Waals surface area (Å²) in [5.41, 5.74) is 3.56. The summed E-state index contributed by atoms with van der Waals surface area (Å²) >= 11 is 0. The molecule has 0 saturated carbocycles. The van der Waals surface area contributed by atoms with Crippen molar-refractivity contribution in [1.82, 2.24) is 4.90 Å². The average molecular weight is 325 g/mol. The lowest BCUT2D eigenvalue weighted by Gasteiger charge is -2.56. The molecular weight excluding hydrogens is 302 g/mol. The molecule has 1 fully saturated rings. The number of hydrogen-bond acceptors (Lipinski definition) is 4. The number of piperidine rings is 1. The smallest absolute Gasteiger partial charge is 0.176 e. The van der Waals surface area contributed by atoms with E-state index in [0.29, 0.717) is 6.04 Å². The van der Waals surface area contributed by atoms with Crippen molar-refractivity contribution in [2.24, 2.45) is 0 Å². The second-order valence-electron chi connectivity index (χ2n) is 7.48. The van der Waals surface area contributed by atoms with Crippen molar-refractivity contribution < 1.29 is 14.2 Å². The number of benzene rings is 1. The molecule has 2 bridgehead atoms. The summed E-state index contributed by atoms with van der Waals surface area (Å²) in [6.07, 6.45) is 6.45. The molecule has 1 aromatic rings. The SMILES string of the molecule is COC1=CC=C2[C@H]3Cc4ccc(OC)c5c4[C@@]2(CCN3C)[C@]1(C)O5. The van der Waals surface area contributed by atoms with Crippen molar-refractivity contribution in [3.05, 3.63) is 46.7 Å². The van der Waals surface area contributed by atoms with E-state index in [9.17, 15) is 0 Å². The minimum atomic E-state index is -0.502. The van der Waals surface area contributed by atoms with E-state index < -0.39 is 5.60 Å². The molecule has 1 aromatic carbocycles. The molecule has 4 aliphatic rings. The lowest BCUT2D eigenvalue weighted by Crippen LogP contribution is -2.63. The minimum absolute atomic E-state index is 0.137. The maximum atomic E-state index is 6.65. The number of hydrogen-bond donors (Lipinski definition) is 0. The molecule has 4 heteroatoms. The number of ether oxygens (including phenoxy) is 3. The summed E-state index contributed by atoms with van der Waals surface area (Å²) in [5, 5.41) is 0. The summed E-state index contributed by atoms with van der Waals surface area (Å²) in [6, 6.07) is 4.71. The van der Waals surface area contributed by atoms with Crippen molar-refractivity contribution in [1.29, 1.82) is 0 Å². The largest absolute Gasteiger partial charge is 0.497 e. The Balaban J connectivity index is 1.89. The molecule has 0 unspecified atom stereocenters. The molecule has 0 radical (unpaired) electrons. The highest BCUT2D eigenvalue weighted by Crippen LogP contribution is 2.66. The summed E-state index contributed by atoms with van der Waals surface area (Å²) < 4.78 is 18.1. The molecule has 2 heterocycles. The van der Waals surface area contributed by atoms with Crippen molar-refractivity contribution in [3.8, 4) is 11.5 Å². The molecule has 1 spiro atoms. The molecule has 2 aliphatic carbocycles. The van der Waals surface area contributed by atoms with Gasteiger partial charge in [0.2, 0.25) is 0 Å². The third kappa shape index (κ3) is 1.33. The van der Waals surface area contributed by atoms with Gasteiger partial charge in [0.15, 0.2) is 17.1 Å². The van der Waals surface area contributed by atoms with Crippen LogP contribution in [-0.4, -0.2) is 44.4 Å². The number of likely N-dealkylation sites (tertiary alicyclic amines) is 1. The van der Waals surface area contributed by atoms with Gasteiger partial charge < -0.3 is 14.2 Å². The lowest BCUT2D eigenvalue weighted by molar-refractivity contribution is 0.0000954. The Kier molecular flexibility index (Phi) is 2.62. The number of allylic oxidation sites excluding steroid dienone is 2. The zero-order valence-corrected chi connectivity index (χ0v) is 14.7. The van der Waals surface area contributed by atoms with E-state index in [1.165, 1.54) is 16.7 Å². The highest BCUT2D eigenvalue weighted by molar-refractivity contribution is 5.69. The zero-order valence-electron chi connectivity index (χ0n) is 14.7. The van der Waals surface area contributed by atoms with Crippen LogP contribution in [0.25, 0.3) is 0 Å². The summed E-state index contributed by atoms with van der Waals surface area (Å²) in [6.45, 7) is 3.25. The number of nitrogens with zero attached hydrogens (tertiary/aromatic N) is 1. The van der Waals surface area contributed by atoms with Gasteiger partial charge in [-0.25, -0.2) is 0 Å². The third-order valence-electron chi connectivity index (χ3n) is 6.72. The third-order valence-corrected chi connectivity index (χ3v) is 6.72. The van der Waals surface area contributed by atoms with Gasteiger partial charge in [-0.05, 0) is 56.6 Å². The standard InChI is InChI=1S/C20H23NO3/c1-19-16(23-4)8-6-13-14-11-12-5-7-15(22-3)18(24-19)17(12)20(13,19)9-10-21(14)2/h5-8,14H,9-11H2,1-4H3/t14-,19-,20+/m1/s1. The van der Waals surface area contributed by atoms with Gasteiger partial charge in [0.05, 0.1) is 19.6 Å². The molecular formula is C20H23NO3. The highest BCUT2D eigenvalue weighted by Gasteiger charge is 2.68. The van der Waals surface area contributed by atoms with Crippen LogP contribution in [0.2, 0.25) is 0 Å². The molecule has 1 saturated heterocycles. The summed E-state index contributed by atoms with van der Waals surface area (Å²) in [5.74, 6) is 2.64. The Bertz CT molecular complexity index is 811. The van der Waals surface area contributed by atoms with Gasteiger partial charge in [-0.2, -0.15) is 0 Å². The highest BCUT2D eigenvalue weighted by atomic mass is 16.6. The van der Waals surface area contributed by atoms with E-state index in [2.05, 4.69) is 37.1 Å². The van der Waals surface area contributed by atoms with Crippen molar-refractivity contribution in [2.45, 2.75) is 36.8 Å². The summed E-state index contributed by atoms with van der Waals surface area (Å²) in [7, 11) is 5.69. The molecule has 0 aromatic heterocycles. The number of likely N-dealkylation sites (N-methyl/N-ethyl adjacent to an activating group) is 1. The van der Waals surface area contributed by atoms with Crippen LogP contribution < -0.4 is 9.47 Å². The lowest BCUT2D eigenvalue weighted by atomic mass is 9.53. The fraction of sp³-hybridized carbons (Fsp3) is 0.500. The fourth-order valence-electron chi connectivity index (χ4n) is 5.56. The van der Waals surface area contributed by atoms with Gasteiger partial charge in [0.1, 0.15) is 5.76 Å². The maximum absolute atomic E-state index is 6.65. The number of rotatable bonds is 2. The van der Waals surface area contributed by atoms with E-state index in [4.69, 9.17) is 14.2 Å². The first-order valence-electron chi connectivity index (χ1n) is 8.63. The van der Waals surface area contributed by atoms with Gasteiger partial charge >= 0.3 is 0 Å². The van der Waals surface area contributed by atoms with Crippen LogP contribution in [0.15, 0.2) is 35.6 Å². The van der Waals surface area contributed by atoms with Crippen LogP contribution in [0.1, 0.15) is 24.5 Å². The Morgan fingerprint density at radius 3 is 2.79 bits per heavy atom. The van der Waals surface area contributed by atoms with Crippen molar-refractivity contribution >= 4 is 0 Å². The topological polar surface area (TPSA) is 30.9 Å². The van der Waals surface area contributed by atoms with Crippen molar-refractivity contribution in [2.75, 3.05) is 27.8 Å². The van der Waals surface area contributed by atoms with Gasteiger partial charge in [-0.15, -0.1) is 0 Å². The first-order valence-corrected chi connectivity index (χ1v) is 8.63. The molecule has 2 aliphatic heterocycles. The van der Waals surface area contributed by atoms with Gasteiger partial charge in [0, 0.05) is 11.6 Å². The minimum Gasteiger partial charge on any atom is -0.497 e. The first kappa shape index (κ1) is 14.4. The van der Waals surface area contributed by atoms with Crippen LogP contribution in [0, 0.1) is 0 Å². The van der Waals surface area contributed by atoms with Crippen LogP contribution in [0.4, 0.5) is 0 Å². The zero-order chi connectivity index (χ0) is 16.7. The van der Waals surface area contributed by atoms with Crippen LogP contribution in [-0.2, 0) is 16.6 Å². The van der Waals surface area contributed by atoms with Gasteiger partial charge in [-0.1, -0.05) is 12.1 Å². The van der Waals surface area contributed by atoms with Crippen LogP contribution in [0.5, 0.6) is 11.5 Å². The maximum Gasteiger partial charge on any atom is 0.176 e. The summed E-state index contributed by atoms with van der Waals surface area (Å²) in [4.78, 5) is 2.48. The second-order valence-corrected chi connectivity index (χ2v) is 7.48. The van der Waals surface area contributed by atoms with Crippen LogP contribution >= 0.6 is 0 Å². The monoisotopic (exact) mass is 325 g/mol. The van der Waals surface area contributed by atoms with E-state index in [0.717, 1.165) is 36.6 Å².